The summed E-state index contributed by atoms with van der Waals surface area (Å²) in [5, 5.41) is 0.757. The molecular weight excluding hydrogens is 272 g/mol. The lowest BCUT2D eigenvalue weighted by Gasteiger charge is -2.26. The van der Waals surface area contributed by atoms with E-state index in [1.807, 2.05) is 29.2 Å². The largest absolute Gasteiger partial charge is 0.336 e. The highest BCUT2D eigenvalue weighted by atomic mass is 35.5. The van der Waals surface area contributed by atoms with Gasteiger partial charge in [-0.25, -0.2) is 0 Å². The first kappa shape index (κ1) is 15.3. The molecule has 1 aliphatic heterocycles. The van der Waals surface area contributed by atoms with Gasteiger partial charge in [0.25, 0.3) is 0 Å². The second-order valence-corrected chi connectivity index (χ2v) is 6.05. The van der Waals surface area contributed by atoms with E-state index in [4.69, 9.17) is 17.3 Å². The van der Waals surface area contributed by atoms with E-state index >= 15 is 0 Å². The lowest BCUT2D eigenvalue weighted by atomic mass is 10.0. The Balaban J connectivity index is 2.04. The maximum Gasteiger partial charge on any atom is 0.223 e. The summed E-state index contributed by atoms with van der Waals surface area (Å²) in [5.41, 5.74) is 6.68. The van der Waals surface area contributed by atoms with Gasteiger partial charge in [-0.1, -0.05) is 36.7 Å². The number of carbonyl (C=O) groups is 1. The van der Waals surface area contributed by atoms with E-state index in [0.717, 1.165) is 36.4 Å². The smallest absolute Gasteiger partial charge is 0.223 e. The number of halogens is 1. The van der Waals surface area contributed by atoms with Crippen molar-refractivity contribution < 1.29 is 4.79 Å². The van der Waals surface area contributed by atoms with Gasteiger partial charge in [0.2, 0.25) is 5.91 Å². The van der Waals surface area contributed by atoms with Crippen LogP contribution in [-0.2, 0) is 4.79 Å². The Bertz CT molecular complexity index is 464. The molecule has 0 spiro atoms. The van der Waals surface area contributed by atoms with Crippen molar-refractivity contribution in [2.24, 2.45) is 11.7 Å². The van der Waals surface area contributed by atoms with Gasteiger partial charge in [0.1, 0.15) is 0 Å². The summed E-state index contributed by atoms with van der Waals surface area (Å²) in [6, 6.07) is 7.98. The molecule has 3 nitrogen and oxygen atoms in total. The number of amides is 1. The summed E-state index contributed by atoms with van der Waals surface area (Å²) in [6.45, 7) is 3.57. The van der Waals surface area contributed by atoms with Crippen LogP contribution in [0.15, 0.2) is 24.3 Å². The van der Waals surface area contributed by atoms with E-state index in [1.54, 1.807) is 0 Å². The van der Waals surface area contributed by atoms with Crippen molar-refractivity contribution in [1.29, 1.82) is 0 Å². The van der Waals surface area contributed by atoms with E-state index in [2.05, 4.69) is 6.92 Å². The maximum absolute atomic E-state index is 12.4. The van der Waals surface area contributed by atoms with Crippen LogP contribution in [0.5, 0.6) is 0 Å². The van der Waals surface area contributed by atoms with Crippen LogP contribution in [0.4, 0.5) is 0 Å². The first-order chi connectivity index (χ1) is 9.63. The van der Waals surface area contributed by atoms with Crippen LogP contribution in [0.2, 0.25) is 5.02 Å². The van der Waals surface area contributed by atoms with E-state index in [9.17, 15) is 4.79 Å². The van der Waals surface area contributed by atoms with Crippen molar-refractivity contribution in [3.8, 4) is 0 Å². The Labute approximate surface area is 126 Å². The highest BCUT2D eigenvalue weighted by Gasteiger charge is 2.30. The highest BCUT2D eigenvalue weighted by Crippen LogP contribution is 2.36. The van der Waals surface area contributed by atoms with E-state index in [1.165, 1.54) is 0 Å². The molecule has 1 amide bonds. The van der Waals surface area contributed by atoms with Gasteiger partial charge in [-0.3, -0.25) is 4.79 Å². The fourth-order valence-corrected chi connectivity index (χ4v) is 3.03. The van der Waals surface area contributed by atoms with Crippen LogP contribution in [0, 0.1) is 5.92 Å². The molecule has 2 atom stereocenters. The lowest BCUT2D eigenvalue weighted by Crippen LogP contribution is -2.31. The Kier molecular flexibility index (Phi) is 5.44. The molecule has 4 heteroatoms. The Morgan fingerprint density at radius 3 is 2.95 bits per heavy atom. The summed E-state index contributed by atoms with van der Waals surface area (Å²) in [4.78, 5) is 14.4. The fourth-order valence-electron chi connectivity index (χ4n) is 2.77. The van der Waals surface area contributed by atoms with Crippen LogP contribution in [0.3, 0.4) is 0 Å². The molecule has 0 aliphatic carbocycles. The second-order valence-electron chi connectivity index (χ2n) is 5.65. The van der Waals surface area contributed by atoms with Crippen LogP contribution in [0.1, 0.15) is 44.2 Å². The van der Waals surface area contributed by atoms with E-state index in [-0.39, 0.29) is 11.9 Å². The zero-order valence-corrected chi connectivity index (χ0v) is 12.8. The predicted octanol–water partition coefficient (Wildman–Crippen LogP) is 3.38. The van der Waals surface area contributed by atoms with Crippen molar-refractivity contribution in [2.45, 2.75) is 38.6 Å². The third-order valence-corrected chi connectivity index (χ3v) is 4.43. The van der Waals surface area contributed by atoms with Crippen molar-refractivity contribution in [3.63, 3.8) is 0 Å². The molecule has 20 heavy (non-hydrogen) atoms. The number of hydrogen-bond donors (Lipinski definition) is 1. The topological polar surface area (TPSA) is 46.3 Å². The standard InChI is InChI=1S/C16H23ClN2O/c1-12(11-18)8-9-16(20)19-10-4-7-15(19)13-5-2-3-6-14(13)17/h2-3,5-6,12,15H,4,7-11,18H2,1H3. The second kappa shape index (κ2) is 7.09. The summed E-state index contributed by atoms with van der Waals surface area (Å²) < 4.78 is 0. The molecule has 0 radical (unpaired) electrons. The molecule has 2 unspecified atom stereocenters. The molecule has 0 bridgehead atoms. The third kappa shape index (κ3) is 3.53. The first-order valence-corrected chi connectivity index (χ1v) is 7.75. The molecule has 1 aromatic rings. The van der Waals surface area contributed by atoms with Gasteiger partial charge in [-0.15, -0.1) is 0 Å². The Morgan fingerprint density at radius 2 is 2.25 bits per heavy atom. The molecule has 0 aromatic heterocycles. The van der Waals surface area contributed by atoms with E-state index < -0.39 is 0 Å². The molecule has 1 aromatic carbocycles. The normalized spacial score (nSPS) is 20.1. The predicted molar refractivity (Wildman–Crippen MR) is 82.6 cm³/mol. The van der Waals surface area contributed by atoms with Crippen LogP contribution >= 0.6 is 11.6 Å². The van der Waals surface area contributed by atoms with Gasteiger partial charge in [0, 0.05) is 18.0 Å². The fraction of sp³-hybridized carbons (Fsp3) is 0.562. The average Bonchev–Trinajstić information content (AvgIpc) is 2.94. The number of rotatable bonds is 5. The zero-order chi connectivity index (χ0) is 14.5. The van der Waals surface area contributed by atoms with Gasteiger partial charge in [0.15, 0.2) is 0 Å². The number of likely N-dealkylation sites (tertiary alicyclic amines) is 1. The molecule has 0 saturated carbocycles. The minimum absolute atomic E-state index is 0.143. The average molecular weight is 295 g/mol. The summed E-state index contributed by atoms with van der Waals surface area (Å²) in [7, 11) is 0. The number of nitrogens with two attached hydrogens (primary N) is 1. The lowest BCUT2D eigenvalue weighted by molar-refractivity contribution is -0.132. The van der Waals surface area contributed by atoms with Gasteiger partial charge < -0.3 is 10.6 Å². The molecule has 1 fully saturated rings. The Morgan fingerprint density at radius 1 is 1.50 bits per heavy atom. The monoisotopic (exact) mass is 294 g/mol. The highest BCUT2D eigenvalue weighted by molar-refractivity contribution is 6.31. The van der Waals surface area contributed by atoms with Crippen LogP contribution < -0.4 is 5.73 Å². The molecule has 1 saturated heterocycles. The summed E-state index contributed by atoms with van der Waals surface area (Å²) in [6.07, 6.45) is 3.50. The quantitative estimate of drug-likeness (QED) is 0.905. The van der Waals surface area contributed by atoms with Gasteiger partial charge in [0.05, 0.1) is 6.04 Å². The minimum Gasteiger partial charge on any atom is -0.336 e. The molecule has 1 heterocycles. The van der Waals surface area contributed by atoms with Gasteiger partial charge in [-0.2, -0.15) is 0 Å². The molecule has 2 rings (SSSR count). The summed E-state index contributed by atoms with van der Waals surface area (Å²) >= 11 is 6.27. The number of carbonyl (C=O) groups excluding carboxylic acids is 1. The van der Waals surface area contributed by atoms with Crippen molar-refractivity contribution in [2.75, 3.05) is 13.1 Å². The SMILES string of the molecule is CC(CN)CCC(=O)N1CCCC1c1ccccc1Cl. The molecule has 1 aliphatic rings. The number of nitrogens with zero attached hydrogens (tertiary/aromatic N) is 1. The first-order valence-electron chi connectivity index (χ1n) is 7.37. The third-order valence-electron chi connectivity index (χ3n) is 4.09. The molecule has 2 N–H and O–H groups in total. The van der Waals surface area contributed by atoms with Crippen LogP contribution in [-0.4, -0.2) is 23.9 Å². The van der Waals surface area contributed by atoms with Crippen molar-refractivity contribution in [1.82, 2.24) is 4.90 Å². The van der Waals surface area contributed by atoms with Crippen LogP contribution in [0.25, 0.3) is 0 Å². The van der Waals surface area contributed by atoms with Crippen molar-refractivity contribution in [3.05, 3.63) is 34.9 Å². The molecular formula is C16H23ClN2O. The summed E-state index contributed by atoms with van der Waals surface area (Å²) in [5.74, 6) is 0.632. The number of hydrogen-bond acceptors (Lipinski definition) is 2. The van der Waals surface area contributed by atoms with Gasteiger partial charge >= 0.3 is 0 Å². The zero-order valence-electron chi connectivity index (χ0n) is 12.0. The van der Waals surface area contributed by atoms with Gasteiger partial charge in [-0.05, 0) is 43.4 Å². The van der Waals surface area contributed by atoms with E-state index in [0.29, 0.717) is 18.9 Å². The van der Waals surface area contributed by atoms with Crippen molar-refractivity contribution >= 4 is 17.5 Å². The Hall–Kier alpha value is -1.06. The minimum atomic E-state index is 0.143. The maximum atomic E-state index is 12.4. The molecule has 110 valence electrons. The number of benzene rings is 1.